The fourth-order valence-corrected chi connectivity index (χ4v) is 7.50. The van der Waals surface area contributed by atoms with Gasteiger partial charge in [-0.25, -0.2) is 8.42 Å². The monoisotopic (exact) mass is 843 g/mol. The number of methoxy groups -OCH3 is 2. The van der Waals surface area contributed by atoms with Crippen LogP contribution in [0.4, 0.5) is 28.4 Å². The van der Waals surface area contributed by atoms with Gasteiger partial charge in [0, 0.05) is 11.1 Å². The molecule has 0 aromatic heterocycles. The topological polar surface area (TPSA) is 306 Å². The molecular weight excluding hydrogens is 819 g/mol. The smallest absolute Gasteiger partial charge is 0.871 e. The van der Waals surface area contributed by atoms with Crippen molar-refractivity contribution >= 4 is 80.3 Å². The molecule has 0 amide bonds. The Balaban J connectivity index is 0.00000300. The first-order valence-electron chi connectivity index (χ1n) is 15.2. The minimum atomic E-state index is -5.15. The third-order valence-corrected chi connectivity index (χ3v) is 10.7. The van der Waals surface area contributed by atoms with E-state index >= 15 is 0 Å². The Bertz CT molecular complexity index is 2990. The molecule has 6 aromatic rings. The fraction of sp³-hybridized carbons (Fsp3) is 0.0588. The van der Waals surface area contributed by atoms with Crippen molar-refractivity contribution < 1.29 is 126 Å². The van der Waals surface area contributed by atoms with Gasteiger partial charge in [0.2, 0.25) is 0 Å². The van der Waals surface area contributed by atoms with Crippen molar-refractivity contribution in [2.75, 3.05) is 20.0 Å². The largest absolute Gasteiger partial charge is 1.00 e. The Hall–Kier alpha value is -4.04. The summed E-state index contributed by atoms with van der Waals surface area (Å²) < 4.78 is 114. The van der Waals surface area contributed by atoms with Crippen LogP contribution in [0.3, 0.4) is 0 Å². The number of hydrogen-bond donors (Lipinski definition) is 3. The van der Waals surface area contributed by atoms with E-state index in [-0.39, 0.29) is 117 Å². The van der Waals surface area contributed by atoms with Gasteiger partial charge in [-0.1, -0.05) is 47.9 Å². The predicted molar refractivity (Wildman–Crippen MR) is 192 cm³/mol. The summed E-state index contributed by atoms with van der Waals surface area (Å²) in [6.07, 6.45) is 0. The molecule has 0 aliphatic carbocycles. The van der Waals surface area contributed by atoms with Crippen LogP contribution >= 0.6 is 0 Å². The van der Waals surface area contributed by atoms with E-state index in [1.54, 1.807) is 18.2 Å². The second-order valence-corrected chi connectivity index (χ2v) is 15.7. The average molecular weight is 844 g/mol. The van der Waals surface area contributed by atoms with Crippen LogP contribution in [0.2, 0.25) is 0 Å². The molecule has 0 bridgehead atoms. The Morgan fingerprint density at radius 2 is 1.12 bits per heavy atom. The maximum atomic E-state index is 13.4. The SMILES string of the molecule is COc1cc(-c2ccc(N=Nc3c(S(=O)(=O)O)cc4cc(S(=O)(=O)[O-])cc(N)c4c3[O-])c(OC)c2)ccc1N=Nc1cc(S(=O)(=O)O)c2ccccc2c1[O-].[Li+].[Li+].[Na+]. The Morgan fingerprint density at radius 1 is 0.621 bits per heavy atom. The van der Waals surface area contributed by atoms with Crippen molar-refractivity contribution in [1.29, 1.82) is 0 Å². The van der Waals surface area contributed by atoms with Crippen molar-refractivity contribution in [1.82, 2.24) is 0 Å². The van der Waals surface area contributed by atoms with Crippen molar-refractivity contribution in [3.05, 3.63) is 84.9 Å². The van der Waals surface area contributed by atoms with Crippen LogP contribution in [0.5, 0.6) is 23.0 Å². The molecule has 0 aliphatic heterocycles. The van der Waals surface area contributed by atoms with Gasteiger partial charge in [-0.05, 0) is 75.8 Å². The van der Waals surface area contributed by atoms with Gasteiger partial charge in [0.15, 0.2) is 0 Å². The number of nitrogens with zero attached hydrogens (tertiary/aromatic N) is 4. The van der Waals surface area contributed by atoms with Crippen LogP contribution in [-0.4, -0.2) is 53.1 Å². The molecule has 58 heavy (non-hydrogen) atoms. The van der Waals surface area contributed by atoms with Gasteiger partial charge in [-0.3, -0.25) is 9.11 Å². The summed E-state index contributed by atoms with van der Waals surface area (Å²) in [5, 5.41) is 41.5. The minimum absolute atomic E-state index is 0. The first-order chi connectivity index (χ1) is 25.8. The number of benzene rings is 6. The zero-order chi connectivity index (χ0) is 40.0. The van der Waals surface area contributed by atoms with Crippen molar-refractivity contribution in [3.63, 3.8) is 0 Å². The van der Waals surface area contributed by atoms with Gasteiger partial charge in [0.25, 0.3) is 20.2 Å². The van der Waals surface area contributed by atoms with E-state index in [1.807, 2.05) is 0 Å². The fourth-order valence-electron chi connectivity index (χ4n) is 5.59. The number of azo groups is 2. The minimum Gasteiger partial charge on any atom is -0.871 e. The Labute approximate surface area is 377 Å². The zero-order valence-corrected chi connectivity index (χ0v) is 35.5. The molecule has 0 radical (unpaired) electrons. The summed E-state index contributed by atoms with van der Waals surface area (Å²) in [7, 11) is -12.3. The van der Waals surface area contributed by atoms with E-state index in [1.165, 1.54) is 56.7 Å². The molecule has 0 unspecified atom stereocenters. The van der Waals surface area contributed by atoms with Crippen molar-refractivity contribution in [2.24, 2.45) is 20.5 Å². The number of nitrogen functional groups attached to an aromatic ring is 1. The van der Waals surface area contributed by atoms with Crippen LogP contribution in [0.15, 0.2) is 120 Å². The summed E-state index contributed by atoms with van der Waals surface area (Å²) in [6.45, 7) is 0. The molecule has 0 fully saturated rings. The molecule has 0 spiro atoms. The molecule has 6 aromatic carbocycles. The number of hydrogen-bond acceptors (Lipinski definition) is 16. The molecule has 0 saturated carbocycles. The Morgan fingerprint density at radius 3 is 1.62 bits per heavy atom. The Kier molecular flexibility index (Phi) is 15.4. The number of rotatable bonds is 10. The molecular formula is C34H24Li2N5NaO13S3. The first kappa shape index (κ1) is 48.3. The summed E-state index contributed by atoms with van der Waals surface area (Å²) in [6, 6.07) is 18.1. The molecule has 0 atom stereocenters. The van der Waals surface area contributed by atoms with E-state index in [0.717, 1.165) is 24.3 Å². The van der Waals surface area contributed by atoms with Gasteiger partial charge in [0.1, 0.15) is 42.8 Å². The molecule has 6 rings (SSSR count). The summed E-state index contributed by atoms with van der Waals surface area (Å²) in [5.74, 6) is -1.48. The second kappa shape index (κ2) is 18.5. The number of fused-ring (bicyclic) bond motifs is 2. The van der Waals surface area contributed by atoms with E-state index in [0.29, 0.717) is 11.1 Å². The molecule has 18 nitrogen and oxygen atoms in total. The van der Waals surface area contributed by atoms with Crippen LogP contribution in [-0.2, 0) is 30.4 Å². The van der Waals surface area contributed by atoms with Crippen LogP contribution in [0.25, 0.3) is 32.7 Å². The number of ether oxygens (including phenoxy) is 2. The summed E-state index contributed by atoms with van der Waals surface area (Å²) in [4.78, 5) is -2.37. The predicted octanol–water partition coefficient (Wildman–Crippen LogP) is -3.35. The molecule has 0 aliphatic rings. The van der Waals surface area contributed by atoms with Gasteiger partial charge in [-0.15, -0.1) is 15.3 Å². The second-order valence-electron chi connectivity index (χ2n) is 11.5. The van der Waals surface area contributed by atoms with E-state index in [2.05, 4.69) is 20.5 Å². The van der Waals surface area contributed by atoms with Crippen LogP contribution < -0.4 is 92.7 Å². The average Bonchev–Trinajstić information content (AvgIpc) is 3.12. The summed E-state index contributed by atoms with van der Waals surface area (Å²) in [5.41, 5.74) is 5.40. The van der Waals surface area contributed by atoms with E-state index in [9.17, 15) is 49.1 Å². The molecule has 284 valence electrons. The van der Waals surface area contributed by atoms with Gasteiger partial charge < -0.3 is 30.0 Å². The quantitative estimate of drug-likeness (QED) is 0.0526. The standard InChI is InChI=1S/C34H27N5O13S3.2Li.Na/c1-51-27-12-17(7-9-24(27)36-38-26-16-29(54(45,46)47)21-5-3-4-6-22(21)33(26)40)18-8-10-25(28(13-18)52-2)37-39-32-30(55(48,49)50)14-19-11-20(53(42,43)44)15-23(35)31(19)34(32)41;;;/h3-16,40-41H,35H2,1-2H3,(H,42,43,44)(H,45,46,47)(H,48,49,50);;;/q;3*+1/p-3. The zero-order valence-electron chi connectivity index (χ0n) is 31.1. The molecule has 4 N–H and O–H groups in total. The maximum Gasteiger partial charge on any atom is 1.00 e. The van der Waals surface area contributed by atoms with Gasteiger partial charge >= 0.3 is 67.3 Å². The third kappa shape index (κ3) is 9.87. The van der Waals surface area contributed by atoms with Crippen LogP contribution in [0, 0.1) is 0 Å². The first-order valence-corrected chi connectivity index (χ1v) is 19.5. The molecule has 0 heterocycles. The van der Waals surface area contributed by atoms with Crippen LogP contribution in [0.1, 0.15) is 0 Å². The third-order valence-electron chi connectivity index (χ3n) is 8.13. The van der Waals surface area contributed by atoms with E-state index in [4.69, 9.17) is 15.2 Å². The normalized spacial score (nSPS) is 11.9. The number of anilines is 1. The van der Waals surface area contributed by atoms with Crippen molar-refractivity contribution in [2.45, 2.75) is 14.7 Å². The van der Waals surface area contributed by atoms with E-state index < -0.39 is 67.9 Å². The molecule has 0 saturated heterocycles. The van der Waals surface area contributed by atoms with Crippen molar-refractivity contribution in [3.8, 4) is 34.1 Å². The maximum absolute atomic E-state index is 13.4. The van der Waals surface area contributed by atoms with Gasteiger partial charge in [0.05, 0.1) is 30.5 Å². The summed E-state index contributed by atoms with van der Waals surface area (Å²) >= 11 is 0. The number of nitrogens with two attached hydrogens (primary N) is 1. The van der Waals surface area contributed by atoms with Gasteiger partial charge in [-0.2, -0.15) is 21.9 Å². The molecule has 24 heteroatoms.